The highest BCUT2D eigenvalue weighted by molar-refractivity contribution is 7.99. The number of hydrogen-bond donors (Lipinski definition) is 2. The molecule has 1 aliphatic heterocycles. The quantitative estimate of drug-likeness (QED) is 0.788. The Labute approximate surface area is 108 Å². The average Bonchev–Trinajstić information content (AvgIpc) is 2.83. The van der Waals surface area contributed by atoms with Gasteiger partial charge in [0.05, 0.1) is 6.54 Å². The number of amides is 1. The molecule has 2 N–H and O–H groups in total. The summed E-state index contributed by atoms with van der Waals surface area (Å²) in [5.41, 5.74) is 0. The molecule has 17 heavy (non-hydrogen) atoms. The van der Waals surface area contributed by atoms with Crippen molar-refractivity contribution in [1.29, 1.82) is 0 Å². The Morgan fingerprint density at radius 2 is 1.82 bits per heavy atom. The Kier molecular flexibility index (Phi) is 5.65. The van der Waals surface area contributed by atoms with Crippen LogP contribution in [0.1, 0.15) is 38.5 Å². The van der Waals surface area contributed by atoms with Crippen molar-refractivity contribution < 1.29 is 4.79 Å². The Morgan fingerprint density at radius 1 is 1.12 bits per heavy atom. The number of carbonyl (C=O) groups is 1. The van der Waals surface area contributed by atoms with E-state index in [2.05, 4.69) is 22.4 Å². The van der Waals surface area contributed by atoms with Crippen LogP contribution in [0.25, 0.3) is 0 Å². The predicted molar refractivity (Wildman–Crippen MR) is 73.3 cm³/mol. The van der Waals surface area contributed by atoms with Crippen molar-refractivity contribution in [3.05, 3.63) is 0 Å². The summed E-state index contributed by atoms with van der Waals surface area (Å²) in [4.78, 5) is 11.7. The molecule has 0 aromatic rings. The fourth-order valence-corrected chi connectivity index (χ4v) is 3.89. The molecular weight excluding hydrogens is 232 g/mol. The van der Waals surface area contributed by atoms with Gasteiger partial charge in [-0.25, -0.2) is 0 Å². The standard InChI is InChI=1S/C13H24N2OS/c16-13(15-12-3-1-2-4-12)10-14-9-11-5-7-17-8-6-11/h11-12,14H,1-10H2,(H,15,16). The number of rotatable bonds is 5. The lowest BCUT2D eigenvalue weighted by atomic mass is 10.0. The van der Waals surface area contributed by atoms with Gasteiger partial charge in [-0.1, -0.05) is 12.8 Å². The summed E-state index contributed by atoms with van der Waals surface area (Å²) >= 11 is 2.05. The number of hydrogen-bond acceptors (Lipinski definition) is 3. The van der Waals surface area contributed by atoms with E-state index in [0.29, 0.717) is 12.6 Å². The van der Waals surface area contributed by atoms with Crippen LogP contribution in [0.3, 0.4) is 0 Å². The Bertz CT molecular complexity index is 236. The molecule has 3 nitrogen and oxygen atoms in total. The molecule has 0 spiro atoms. The average molecular weight is 256 g/mol. The second kappa shape index (κ2) is 7.27. The van der Waals surface area contributed by atoms with Crippen molar-refractivity contribution in [1.82, 2.24) is 10.6 Å². The van der Waals surface area contributed by atoms with Crippen LogP contribution in [0.2, 0.25) is 0 Å². The summed E-state index contributed by atoms with van der Waals surface area (Å²) in [5, 5.41) is 6.42. The van der Waals surface area contributed by atoms with E-state index in [1.165, 1.54) is 50.0 Å². The molecule has 1 amide bonds. The maximum absolute atomic E-state index is 11.7. The maximum atomic E-state index is 11.7. The first-order valence-corrected chi connectivity index (χ1v) is 8.08. The highest BCUT2D eigenvalue weighted by Crippen LogP contribution is 2.21. The third kappa shape index (κ3) is 4.88. The minimum Gasteiger partial charge on any atom is -0.352 e. The molecule has 0 bridgehead atoms. The van der Waals surface area contributed by atoms with Crippen LogP contribution in [0.4, 0.5) is 0 Å². The van der Waals surface area contributed by atoms with Crippen molar-refractivity contribution in [3.8, 4) is 0 Å². The molecule has 1 heterocycles. The van der Waals surface area contributed by atoms with Gasteiger partial charge >= 0.3 is 0 Å². The predicted octanol–water partition coefficient (Wildman–Crippen LogP) is 1.78. The normalized spacial score (nSPS) is 22.8. The molecule has 1 saturated carbocycles. The second-order valence-electron chi connectivity index (χ2n) is 5.24. The molecule has 0 aromatic heterocycles. The first-order chi connectivity index (χ1) is 8.34. The highest BCUT2D eigenvalue weighted by atomic mass is 32.2. The molecule has 98 valence electrons. The minimum atomic E-state index is 0.182. The van der Waals surface area contributed by atoms with Gasteiger partial charge in [-0.15, -0.1) is 0 Å². The van der Waals surface area contributed by atoms with Gasteiger partial charge in [-0.05, 0) is 49.7 Å². The zero-order chi connectivity index (χ0) is 11.9. The Balaban J connectivity index is 1.53. The van der Waals surface area contributed by atoms with E-state index < -0.39 is 0 Å². The van der Waals surface area contributed by atoms with Crippen molar-refractivity contribution >= 4 is 17.7 Å². The zero-order valence-electron chi connectivity index (χ0n) is 10.5. The molecule has 1 aliphatic carbocycles. The van der Waals surface area contributed by atoms with Crippen LogP contribution in [0.5, 0.6) is 0 Å². The lowest BCUT2D eigenvalue weighted by molar-refractivity contribution is -0.120. The van der Waals surface area contributed by atoms with Crippen LogP contribution >= 0.6 is 11.8 Å². The van der Waals surface area contributed by atoms with Crippen LogP contribution in [0.15, 0.2) is 0 Å². The first kappa shape index (κ1) is 13.2. The van der Waals surface area contributed by atoms with Crippen LogP contribution in [-0.2, 0) is 4.79 Å². The van der Waals surface area contributed by atoms with Crippen molar-refractivity contribution in [3.63, 3.8) is 0 Å². The van der Waals surface area contributed by atoms with Gasteiger partial charge in [-0.2, -0.15) is 11.8 Å². The van der Waals surface area contributed by atoms with Crippen LogP contribution in [-0.4, -0.2) is 36.5 Å². The maximum Gasteiger partial charge on any atom is 0.234 e. The van der Waals surface area contributed by atoms with Crippen molar-refractivity contribution in [2.45, 2.75) is 44.6 Å². The highest BCUT2D eigenvalue weighted by Gasteiger charge is 2.17. The summed E-state index contributed by atoms with van der Waals surface area (Å²) in [6.07, 6.45) is 7.51. The molecular formula is C13H24N2OS. The topological polar surface area (TPSA) is 41.1 Å². The van der Waals surface area contributed by atoms with E-state index in [-0.39, 0.29) is 5.91 Å². The number of thioether (sulfide) groups is 1. The molecule has 2 fully saturated rings. The number of carbonyl (C=O) groups excluding carboxylic acids is 1. The fraction of sp³-hybridized carbons (Fsp3) is 0.923. The summed E-state index contributed by atoms with van der Waals surface area (Å²) < 4.78 is 0. The monoisotopic (exact) mass is 256 g/mol. The zero-order valence-corrected chi connectivity index (χ0v) is 11.4. The van der Waals surface area contributed by atoms with Gasteiger partial charge < -0.3 is 10.6 Å². The first-order valence-electron chi connectivity index (χ1n) is 6.92. The molecule has 2 rings (SSSR count). The Hall–Kier alpha value is -0.220. The van der Waals surface area contributed by atoms with E-state index in [0.717, 1.165) is 12.5 Å². The largest absolute Gasteiger partial charge is 0.352 e. The number of nitrogens with one attached hydrogen (secondary N) is 2. The molecule has 0 unspecified atom stereocenters. The summed E-state index contributed by atoms with van der Waals surface area (Å²) in [7, 11) is 0. The van der Waals surface area contributed by atoms with Gasteiger partial charge in [0.25, 0.3) is 0 Å². The molecule has 0 aromatic carbocycles. The van der Waals surface area contributed by atoms with Crippen molar-refractivity contribution in [2.24, 2.45) is 5.92 Å². The van der Waals surface area contributed by atoms with Gasteiger partial charge in [0.2, 0.25) is 5.91 Å². The smallest absolute Gasteiger partial charge is 0.234 e. The van der Waals surface area contributed by atoms with Crippen LogP contribution in [0, 0.1) is 5.92 Å². The third-order valence-corrected chi connectivity index (χ3v) is 4.83. The fourth-order valence-electron chi connectivity index (χ4n) is 2.69. The molecule has 0 radical (unpaired) electrons. The van der Waals surface area contributed by atoms with Crippen LogP contribution < -0.4 is 10.6 Å². The van der Waals surface area contributed by atoms with Gasteiger partial charge in [-0.3, -0.25) is 4.79 Å². The van der Waals surface area contributed by atoms with E-state index in [1.807, 2.05) is 0 Å². The second-order valence-corrected chi connectivity index (χ2v) is 6.46. The summed E-state index contributed by atoms with van der Waals surface area (Å²) in [6, 6.07) is 0.454. The SMILES string of the molecule is O=C(CNCC1CCSCC1)NC1CCCC1. The van der Waals surface area contributed by atoms with Gasteiger partial charge in [0, 0.05) is 6.04 Å². The Morgan fingerprint density at radius 3 is 2.53 bits per heavy atom. The lowest BCUT2D eigenvalue weighted by Gasteiger charge is -2.21. The third-order valence-electron chi connectivity index (χ3n) is 3.78. The summed E-state index contributed by atoms with van der Waals surface area (Å²) in [6.45, 7) is 1.51. The van der Waals surface area contributed by atoms with Gasteiger partial charge in [0.1, 0.15) is 0 Å². The lowest BCUT2D eigenvalue weighted by Crippen LogP contribution is -2.40. The van der Waals surface area contributed by atoms with E-state index in [1.54, 1.807) is 0 Å². The van der Waals surface area contributed by atoms with E-state index >= 15 is 0 Å². The van der Waals surface area contributed by atoms with E-state index in [9.17, 15) is 4.79 Å². The minimum absolute atomic E-state index is 0.182. The van der Waals surface area contributed by atoms with E-state index in [4.69, 9.17) is 0 Å². The molecule has 4 heteroatoms. The summed E-state index contributed by atoms with van der Waals surface area (Å²) in [5.74, 6) is 3.55. The van der Waals surface area contributed by atoms with Crippen molar-refractivity contribution in [2.75, 3.05) is 24.6 Å². The van der Waals surface area contributed by atoms with Gasteiger partial charge in [0.15, 0.2) is 0 Å². The molecule has 1 saturated heterocycles. The molecule has 2 aliphatic rings. The molecule has 0 atom stereocenters.